The Bertz CT molecular complexity index is 379. The predicted octanol–water partition coefficient (Wildman–Crippen LogP) is 0.949. The number of aryl methyl sites for hydroxylation is 1. The quantitative estimate of drug-likeness (QED) is 0.778. The van der Waals surface area contributed by atoms with Crippen LogP contribution in [-0.4, -0.2) is 45.2 Å². The summed E-state index contributed by atoms with van der Waals surface area (Å²) in [7, 11) is 0. The average molecular weight is 222 g/mol. The Morgan fingerprint density at radius 2 is 2.25 bits per heavy atom. The van der Waals surface area contributed by atoms with E-state index >= 15 is 0 Å². The third-order valence-corrected chi connectivity index (χ3v) is 2.57. The lowest BCUT2D eigenvalue weighted by atomic mass is 10.3. The van der Waals surface area contributed by atoms with Crippen molar-refractivity contribution in [1.82, 2.24) is 14.9 Å². The van der Waals surface area contributed by atoms with Crippen LogP contribution in [0, 0.1) is 6.92 Å². The summed E-state index contributed by atoms with van der Waals surface area (Å²) >= 11 is 0. The molecule has 0 aromatic carbocycles. The molecule has 0 bridgehead atoms. The van der Waals surface area contributed by atoms with Gasteiger partial charge in [0, 0.05) is 31.5 Å². The molecule has 1 fully saturated rings. The van der Waals surface area contributed by atoms with Crippen LogP contribution < -0.4 is 5.32 Å². The summed E-state index contributed by atoms with van der Waals surface area (Å²) in [5, 5.41) is 11.9. The van der Waals surface area contributed by atoms with Crippen LogP contribution in [0.3, 0.4) is 0 Å². The summed E-state index contributed by atoms with van der Waals surface area (Å²) in [6.07, 6.45) is 3.40. The van der Waals surface area contributed by atoms with E-state index in [-0.39, 0.29) is 6.04 Å². The molecule has 1 atom stereocenters. The number of hydrogen-bond donors (Lipinski definition) is 2. The van der Waals surface area contributed by atoms with E-state index in [0.29, 0.717) is 19.0 Å². The molecule has 0 spiro atoms. The third-order valence-electron chi connectivity index (χ3n) is 2.57. The molecule has 0 saturated carbocycles. The first kappa shape index (κ1) is 10.7. The number of likely N-dealkylation sites (tertiary alicyclic amines) is 1. The minimum absolute atomic E-state index is 0.110. The maximum absolute atomic E-state index is 10.7. The number of rotatable bonds is 2. The lowest BCUT2D eigenvalue weighted by molar-refractivity contribution is 0.155. The first-order valence-electron chi connectivity index (χ1n) is 5.18. The van der Waals surface area contributed by atoms with Gasteiger partial charge in [0.15, 0.2) is 0 Å². The number of nitrogens with zero attached hydrogens (tertiary/aromatic N) is 3. The van der Waals surface area contributed by atoms with E-state index in [2.05, 4.69) is 15.3 Å². The monoisotopic (exact) mass is 222 g/mol. The summed E-state index contributed by atoms with van der Waals surface area (Å²) in [5.41, 5.74) is 1.00. The van der Waals surface area contributed by atoms with Crippen LogP contribution in [0.25, 0.3) is 0 Å². The molecule has 1 aromatic rings. The van der Waals surface area contributed by atoms with Crippen LogP contribution in [0.1, 0.15) is 12.0 Å². The van der Waals surface area contributed by atoms with Crippen LogP contribution in [0.2, 0.25) is 0 Å². The van der Waals surface area contributed by atoms with Gasteiger partial charge in [0.25, 0.3) is 0 Å². The normalized spacial score (nSPS) is 19.8. The summed E-state index contributed by atoms with van der Waals surface area (Å²) in [6, 6.07) is 0.110. The van der Waals surface area contributed by atoms with Crippen LogP contribution in [0.5, 0.6) is 0 Å². The van der Waals surface area contributed by atoms with Crippen LogP contribution >= 0.6 is 0 Å². The van der Waals surface area contributed by atoms with E-state index in [1.165, 1.54) is 4.90 Å². The average Bonchev–Trinajstić information content (AvgIpc) is 2.70. The second-order valence-corrected chi connectivity index (χ2v) is 3.94. The molecular weight excluding hydrogens is 208 g/mol. The first-order chi connectivity index (χ1) is 7.65. The van der Waals surface area contributed by atoms with Crippen molar-refractivity contribution in [3.05, 3.63) is 18.0 Å². The highest BCUT2D eigenvalue weighted by Gasteiger charge is 2.25. The molecular formula is C10H14N4O2. The number of amides is 1. The van der Waals surface area contributed by atoms with Gasteiger partial charge in [0.2, 0.25) is 5.95 Å². The van der Waals surface area contributed by atoms with Crippen LogP contribution in [0.4, 0.5) is 10.7 Å². The fourth-order valence-corrected chi connectivity index (χ4v) is 1.70. The zero-order valence-corrected chi connectivity index (χ0v) is 9.05. The molecule has 86 valence electrons. The molecule has 1 aliphatic heterocycles. The highest BCUT2D eigenvalue weighted by molar-refractivity contribution is 5.65. The molecule has 2 heterocycles. The van der Waals surface area contributed by atoms with E-state index in [4.69, 9.17) is 5.11 Å². The zero-order chi connectivity index (χ0) is 11.5. The van der Waals surface area contributed by atoms with Crippen LogP contribution in [0.15, 0.2) is 12.4 Å². The molecule has 2 rings (SSSR count). The molecule has 1 saturated heterocycles. The largest absolute Gasteiger partial charge is 0.465 e. The molecule has 6 heteroatoms. The SMILES string of the molecule is Cc1cnc(N[C@@H]2CCN(C(=O)O)C2)nc1. The maximum atomic E-state index is 10.7. The topological polar surface area (TPSA) is 78.4 Å². The van der Waals surface area contributed by atoms with Crippen molar-refractivity contribution >= 4 is 12.0 Å². The number of anilines is 1. The van der Waals surface area contributed by atoms with E-state index in [1.54, 1.807) is 12.4 Å². The minimum Gasteiger partial charge on any atom is -0.465 e. The molecule has 6 nitrogen and oxygen atoms in total. The Labute approximate surface area is 93.3 Å². The van der Waals surface area contributed by atoms with Crippen molar-refractivity contribution in [2.75, 3.05) is 18.4 Å². The number of carbonyl (C=O) groups is 1. The van der Waals surface area contributed by atoms with Crippen LogP contribution in [-0.2, 0) is 0 Å². The summed E-state index contributed by atoms with van der Waals surface area (Å²) in [5.74, 6) is 0.558. The number of nitrogens with one attached hydrogen (secondary N) is 1. The van der Waals surface area contributed by atoms with E-state index in [0.717, 1.165) is 12.0 Å². The van der Waals surface area contributed by atoms with Gasteiger partial charge in [-0.25, -0.2) is 14.8 Å². The van der Waals surface area contributed by atoms with Gasteiger partial charge in [0.05, 0.1) is 0 Å². The fourth-order valence-electron chi connectivity index (χ4n) is 1.70. The van der Waals surface area contributed by atoms with Crippen molar-refractivity contribution in [2.24, 2.45) is 0 Å². The van der Waals surface area contributed by atoms with E-state index < -0.39 is 6.09 Å². The summed E-state index contributed by atoms with van der Waals surface area (Å²) < 4.78 is 0. The summed E-state index contributed by atoms with van der Waals surface area (Å²) in [4.78, 5) is 20.4. The van der Waals surface area contributed by atoms with Crippen molar-refractivity contribution in [3.8, 4) is 0 Å². The standard InChI is InChI=1S/C10H14N4O2/c1-7-4-11-9(12-5-7)13-8-2-3-14(6-8)10(15)16/h4-5,8H,2-3,6H2,1H3,(H,15,16)(H,11,12,13)/t8-/m1/s1. The van der Waals surface area contributed by atoms with Gasteiger partial charge in [-0.1, -0.05) is 0 Å². The third kappa shape index (κ3) is 2.39. The Kier molecular flexibility index (Phi) is 2.89. The smallest absolute Gasteiger partial charge is 0.407 e. The molecule has 1 aromatic heterocycles. The van der Waals surface area contributed by atoms with Gasteiger partial charge in [-0.05, 0) is 18.9 Å². The fraction of sp³-hybridized carbons (Fsp3) is 0.500. The Hall–Kier alpha value is -1.85. The molecule has 2 N–H and O–H groups in total. The number of hydrogen-bond acceptors (Lipinski definition) is 4. The second-order valence-electron chi connectivity index (χ2n) is 3.94. The molecule has 0 unspecified atom stereocenters. The summed E-state index contributed by atoms with van der Waals surface area (Å²) in [6.45, 7) is 2.98. The molecule has 0 radical (unpaired) electrons. The van der Waals surface area contributed by atoms with Crippen molar-refractivity contribution in [3.63, 3.8) is 0 Å². The lowest BCUT2D eigenvalue weighted by Crippen LogP contribution is -2.30. The lowest BCUT2D eigenvalue weighted by Gasteiger charge is -2.13. The van der Waals surface area contributed by atoms with Gasteiger partial charge in [-0.3, -0.25) is 0 Å². The van der Waals surface area contributed by atoms with Gasteiger partial charge >= 0.3 is 6.09 Å². The number of aromatic nitrogens is 2. The van der Waals surface area contributed by atoms with Gasteiger partial charge < -0.3 is 15.3 Å². The van der Waals surface area contributed by atoms with E-state index in [9.17, 15) is 4.79 Å². The molecule has 1 amide bonds. The minimum atomic E-state index is -0.867. The van der Waals surface area contributed by atoms with Gasteiger partial charge in [-0.15, -0.1) is 0 Å². The first-order valence-corrected chi connectivity index (χ1v) is 5.18. The Morgan fingerprint density at radius 3 is 2.81 bits per heavy atom. The molecule has 0 aliphatic carbocycles. The van der Waals surface area contributed by atoms with Crippen molar-refractivity contribution in [1.29, 1.82) is 0 Å². The molecule has 16 heavy (non-hydrogen) atoms. The Morgan fingerprint density at radius 1 is 1.56 bits per heavy atom. The zero-order valence-electron chi connectivity index (χ0n) is 9.05. The van der Waals surface area contributed by atoms with Gasteiger partial charge in [-0.2, -0.15) is 0 Å². The predicted molar refractivity (Wildman–Crippen MR) is 58.4 cm³/mol. The second kappa shape index (κ2) is 4.34. The number of carboxylic acid groups (broad SMARTS) is 1. The molecule has 1 aliphatic rings. The Balaban J connectivity index is 1.92. The highest BCUT2D eigenvalue weighted by atomic mass is 16.4. The van der Waals surface area contributed by atoms with Gasteiger partial charge in [0.1, 0.15) is 0 Å². The maximum Gasteiger partial charge on any atom is 0.407 e. The van der Waals surface area contributed by atoms with Crippen molar-refractivity contribution in [2.45, 2.75) is 19.4 Å². The van der Waals surface area contributed by atoms with E-state index in [1.807, 2.05) is 6.92 Å². The highest BCUT2D eigenvalue weighted by Crippen LogP contribution is 2.12. The van der Waals surface area contributed by atoms with Crippen molar-refractivity contribution < 1.29 is 9.90 Å².